The summed E-state index contributed by atoms with van der Waals surface area (Å²) in [6.07, 6.45) is 3.94. The first-order valence-electron chi connectivity index (χ1n) is 10.9. The predicted octanol–water partition coefficient (Wildman–Crippen LogP) is 2.35. The molecule has 1 aromatic heterocycles. The zero-order valence-corrected chi connectivity index (χ0v) is 19.5. The van der Waals surface area contributed by atoms with Gasteiger partial charge in [0.25, 0.3) is 0 Å². The fourth-order valence-corrected chi connectivity index (χ4v) is 5.14. The Balaban J connectivity index is 1.51. The molecule has 2 aromatic carbocycles. The molecule has 2 heterocycles. The Bertz CT molecular complexity index is 1330. The average molecular weight is 484 g/mol. The van der Waals surface area contributed by atoms with Crippen molar-refractivity contribution in [1.82, 2.24) is 20.2 Å². The number of primary sulfonamides is 1. The van der Waals surface area contributed by atoms with Crippen LogP contribution in [-0.4, -0.2) is 54.7 Å². The highest BCUT2D eigenvalue weighted by molar-refractivity contribution is 7.89. The lowest BCUT2D eigenvalue weighted by Crippen LogP contribution is -2.31. The number of nitrogens with zero attached hydrogens (tertiary/aromatic N) is 4. The maximum atomic E-state index is 12.4. The normalized spacial score (nSPS) is 17.6. The molecule has 10 nitrogen and oxygen atoms in total. The summed E-state index contributed by atoms with van der Waals surface area (Å²) in [6.45, 7) is 1.52. The predicted molar refractivity (Wildman–Crippen MR) is 123 cm³/mol. The molecule has 0 amide bonds. The van der Waals surface area contributed by atoms with E-state index in [0.29, 0.717) is 50.1 Å². The highest BCUT2D eigenvalue weighted by Crippen LogP contribution is 2.41. The van der Waals surface area contributed by atoms with Gasteiger partial charge in [0.1, 0.15) is 5.75 Å². The van der Waals surface area contributed by atoms with E-state index >= 15 is 0 Å². The van der Waals surface area contributed by atoms with Crippen molar-refractivity contribution < 1.29 is 22.6 Å². The van der Waals surface area contributed by atoms with E-state index in [0.717, 1.165) is 16.9 Å². The number of ether oxygens (including phenoxy) is 3. The van der Waals surface area contributed by atoms with E-state index in [1.165, 1.54) is 10.9 Å². The van der Waals surface area contributed by atoms with Gasteiger partial charge in [-0.1, -0.05) is 30.3 Å². The minimum Gasteiger partial charge on any atom is -0.497 e. The van der Waals surface area contributed by atoms with Gasteiger partial charge in [-0.2, -0.15) is 4.80 Å². The average Bonchev–Trinajstić information content (AvgIpc) is 3.49. The highest BCUT2D eigenvalue weighted by atomic mass is 32.2. The van der Waals surface area contributed by atoms with Crippen LogP contribution in [0, 0.1) is 0 Å². The summed E-state index contributed by atoms with van der Waals surface area (Å²) in [4.78, 5) is 1.38. The van der Waals surface area contributed by atoms with Crippen LogP contribution in [-0.2, 0) is 26.0 Å². The van der Waals surface area contributed by atoms with Gasteiger partial charge in [0.2, 0.25) is 15.8 Å². The van der Waals surface area contributed by atoms with Crippen molar-refractivity contribution in [2.75, 3.05) is 20.3 Å². The van der Waals surface area contributed by atoms with Gasteiger partial charge in [-0.05, 0) is 46.5 Å². The summed E-state index contributed by atoms with van der Waals surface area (Å²) in [5.41, 5.74) is 2.98. The number of benzene rings is 2. The highest BCUT2D eigenvalue weighted by Gasteiger charge is 2.38. The number of sulfonamides is 1. The number of methoxy groups -OCH3 is 1. The van der Waals surface area contributed by atoms with Gasteiger partial charge in [-0.15, -0.1) is 10.2 Å². The topological polar surface area (TPSA) is 131 Å². The molecule has 0 saturated carbocycles. The van der Waals surface area contributed by atoms with Crippen LogP contribution in [0.2, 0.25) is 0 Å². The summed E-state index contributed by atoms with van der Waals surface area (Å²) >= 11 is 0. The number of nitrogens with two attached hydrogens (primary N) is 1. The van der Waals surface area contributed by atoms with Crippen molar-refractivity contribution in [2.45, 2.75) is 36.5 Å². The summed E-state index contributed by atoms with van der Waals surface area (Å²) < 4.78 is 41.7. The Labute approximate surface area is 197 Å². The van der Waals surface area contributed by atoms with Crippen LogP contribution in [0.3, 0.4) is 0 Å². The molecular formula is C23H25N5O5S. The first-order chi connectivity index (χ1) is 16.4. The summed E-state index contributed by atoms with van der Waals surface area (Å²) in [7, 11) is -2.42. The SMILES string of the molecule is COc1ccc(Cn2nnc(-c3c(C4=CCC5(CC4)OCCO5)cccc3S(N)(=O)=O)n2)cc1. The molecule has 2 N–H and O–H groups in total. The van der Waals surface area contributed by atoms with E-state index in [2.05, 4.69) is 15.4 Å². The Hall–Kier alpha value is -3.12. The molecule has 1 saturated heterocycles. The third-order valence-electron chi connectivity index (χ3n) is 6.09. The van der Waals surface area contributed by atoms with E-state index in [9.17, 15) is 8.42 Å². The molecule has 1 aliphatic heterocycles. The van der Waals surface area contributed by atoms with Crippen molar-refractivity contribution in [3.8, 4) is 17.1 Å². The van der Waals surface area contributed by atoms with Gasteiger partial charge in [-0.25, -0.2) is 13.6 Å². The maximum absolute atomic E-state index is 12.4. The molecule has 0 unspecified atom stereocenters. The molecular weight excluding hydrogens is 458 g/mol. The van der Waals surface area contributed by atoms with Crippen LogP contribution in [0.1, 0.15) is 30.4 Å². The molecule has 34 heavy (non-hydrogen) atoms. The summed E-state index contributed by atoms with van der Waals surface area (Å²) in [5.74, 6) is 0.363. The lowest BCUT2D eigenvalue weighted by Gasteiger charge is -2.31. The van der Waals surface area contributed by atoms with E-state index in [1.807, 2.05) is 36.4 Å². The van der Waals surface area contributed by atoms with Crippen LogP contribution in [0.25, 0.3) is 17.0 Å². The fourth-order valence-electron chi connectivity index (χ4n) is 4.38. The van der Waals surface area contributed by atoms with E-state index in [1.54, 1.807) is 13.2 Å². The van der Waals surface area contributed by atoms with Crippen LogP contribution in [0.4, 0.5) is 0 Å². The van der Waals surface area contributed by atoms with E-state index in [-0.39, 0.29) is 10.7 Å². The number of aromatic nitrogens is 4. The molecule has 1 fully saturated rings. The lowest BCUT2D eigenvalue weighted by atomic mass is 9.87. The summed E-state index contributed by atoms with van der Waals surface area (Å²) in [6, 6.07) is 12.5. The third kappa shape index (κ3) is 4.47. The van der Waals surface area contributed by atoms with Crippen LogP contribution < -0.4 is 9.88 Å². The lowest BCUT2D eigenvalue weighted by molar-refractivity contribution is -0.159. The van der Waals surface area contributed by atoms with Gasteiger partial charge in [-0.3, -0.25) is 0 Å². The van der Waals surface area contributed by atoms with Crippen molar-refractivity contribution in [1.29, 1.82) is 0 Å². The third-order valence-corrected chi connectivity index (χ3v) is 7.04. The molecule has 0 radical (unpaired) electrons. The van der Waals surface area contributed by atoms with Crippen molar-refractivity contribution in [3.05, 3.63) is 59.7 Å². The second-order valence-electron chi connectivity index (χ2n) is 8.26. The Morgan fingerprint density at radius 1 is 1.15 bits per heavy atom. The maximum Gasteiger partial charge on any atom is 0.238 e. The monoisotopic (exact) mass is 483 g/mol. The quantitative estimate of drug-likeness (QED) is 0.565. The van der Waals surface area contributed by atoms with Gasteiger partial charge >= 0.3 is 0 Å². The minimum absolute atomic E-state index is 0.0384. The number of hydrogen-bond acceptors (Lipinski definition) is 8. The standard InChI is InChI=1S/C23H25N5O5S/c1-31-18-7-5-16(6-8-18)15-28-26-22(25-27-28)21-19(3-2-4-20(21)34(24,29)30)17-9-11-23(12-10-17)32-13-14-33-23/h2-9H,10-15H2,1H3,(H2,24,29,30). The number of rotatable bonds is 6. The molecule has 2 aliphatic rings. The van der Waals surface area contributed by atoms with Crippen LogP contribution in [0.15, 0.2) is 53.4 Å². The van der Waals surface area contributed by atoms with Gasteiger partial charge in [0.05, 0.1) is 37.3 Å². The summed E-state index contributed by atoms with van der Waals surface area (Å²) in [5, 5.41) is 18.4. The van der Waals surface area contributed by atoms with Gasteiger partial charge in [0, 0.05) is 12.8 Å². The number of hydrogen-bond donors (Lipinski definition) is 1. The number of allylic oxidation sites excluding steroid dienone is 1. The van der Waals surface area contributed by atoms with Gasteiger partial charge < -0.3 is 14.2 Å². The molecule has 5 rings (SSSR count). The Kier molecular flexibility index (Phi) is 5.94. The minimum atomic E-state index is -4.03. The Morgan fingerprint density at radius 2 is 1.91 bits per heavy atom. The smallest absolute Gasteiger partial charge is 0.238 e. The Morgan fingerprint density at radius 3 is 2.56 bits per heavy atom. The first-order valence-corrected chi connectivity index (χ1v) is 12.5. The molecule has 0 bridgehead atoms. The molecule has 1 aliphatic carbocycles. The van der Waals surface area contributed by atoms with Gasteiger partial charge in [0.15, 0.2) is 5.79 Å². The van der Waals surface area contributed by atoms with Crippen LogP contribution >= 0.6 is 0 Å². The zero-order chi connectivity index (χ0) is 23.8. The molecule has 178 valence electrons. The second-order valence-corrected chi connectivity index (χ2v) is 9.79. The largest absolute Gasteiger partial charge is 0.497 e. The number of tetrazole rings is 1. The fraction of sp³-hybridized carbons (Fsp3) is 0.348. The molecule has 1 spiro atoms. The van der Waals surface area contributed by atoms with E-state index in [4.69, 9.17) is 19.3 Å². The zero-order valence-electron chi connectivity index (χ0n) is 18.7. The molecule has 3 aromatic rings. The second kappa shape index (κ2) is 8.91. The van der Waals surface area contributed by atoms with E-state index < -0.39 is 15.8 Å². The van der Waals surface area contributed by atoms with Crippen molar-refractivity contribution in [2.24, 2.45) is 5.14 Å². The molecule has 0 atom stereocenters. The van der Waals surface area contributed by atoms with Crippen molar-refractivity contribution >= 4 is 15.6 Å². The van der Waals surface area contributed by atoms with Crippen LogP contribution in [0.5, 0.6) is 5.75 Å². The van der Waals surface area contributed by atoms with Crippen molar-refractivity contribution in [3.63, 3.8) is 0 Å². The first kappa shape index (κ1) is 22.7. The molecule has 11 heteroatoms.